The summed E-state index contributed by atoms with van der Waals surface area (Å²) in [5.41, 5.74) is 1.59. The number of unbranched alkanes of at least 4 members (excludes halogenated alkanes) is 1. The standard InChI is InChI=1S/C23H24N4O3S.ClH/c1-15(2)16-7-8-19-18(12-16)22(29)27-14-20(31-23(27)26-19)21(28)25-10-3-4-11-30-17-6-5-9-24-13-17;/h5-9,12-15H,3-4,10-11H2,1-2H3,(H,25,28);1H. The monoisotopic (exact) mass is 472 g/mol. The van der Waals surface area contributed by atoms with Crippen molar-refractivity contribution in [1.82, 2.24) is 19.7 Å². The van der Waals surface area contributed by atoms with Crippen LogP contribution in [0.3, 0.4) is 0 Å². The van der Waals surface area contributed by atoms with Gasteiger partial charge in [0.05, 0.1) is 23.7 Å². The minimum Gasteiger partial charge on any atom is -0.492 e. The van der Waals surface area contributed by atoms with E-state index >= 15 is 0 Å². The fourth-order valence-corrected chi connectivity index (χ4v) is 4.12. The van der Waals surface area contributed by atoms with Crippen LogP contribution in [-0.4, -0.2) is 33.4 Å². The lowest BCUT2D eigenvalue weighted by Gasteiger charge is -2.06. The second kappa shape index (κ2) is 10.6. The Morgan fingerprint density at radius 2 is 2.09 bits per heavy atom. The number of amides is 1. The molecular weight excluding hydrogens is 448 g/mol. The van der Waals surface area contributed by atoms with Gasteiger partial charge in [0.25, 0.3) is 11.5 Å². The van der Waals surface area contributed by atoms with E-state index in [1.807, 2.05) is 30.3 Å². The van der Waals surface area contributed by atoms with Gasteiger partial charge in [-0.3, -0.25) is 19.0 Å². The van der Waals surface area contributed by atoms with Crippen molar-refractivity contribution in [2.24, 2.45) is 0 Å². The molecule has 7 nitrogen and oxygen atoms in total. The number of halogens is 1. The lowest BCUT2D eigenvalue weighted by atomic mass is 10.0. The lowest BCUT2D eigenvalue weighted by Crippen LogP contribution is -2.24. The summed E-state index contributed by atoms with van der Waals surface area (Å²) in [4.78, 5) is 35.0. The van der Waals surface area contributed by atoms with Crippen LogP contribution in [0.5, 0.6) is 5.75 Å². The number of fused-ring (bicyclic) bond motifs is 2. The number of pyridine rings is 1. The molecule has 0 aliphatic heterocycles. The smallest absolute Gasteiger partial charge is 0.266 e. The molecule has 4 rings (SSSR count). The topological polar surface area (TPSA) is 85.6 Å². The average molecular weight is 473 g/mol. The number of thiazole rings is 1. The zero-order valence-electron chi connectivity index (χ0n) is 17.9. The van der Waals surface area contributed by atoms with Crippen molar-refractivity contribution in [2.45, 2.75) is 32.6 Å². The molecule has 0 spiro atoms. The van der Waals surface area contributed by atoms with Crippen LogP contribution < -0.4 is 15.6 Å². The zero-order valence-corrected chi connectivity index (χ0v) is 19.5. The molecule has 4 aromatic rings. The third-order valence-electron chi connectivity index (χ3n) is 4.99. The molecule has 3 heterocycles. The minimum absolute atomic E-state index is 0. The number of nitrogens with one attached hydrogen (secondary N) is 1. The molecule has 168 valence electrons. The van der Waals surface area contributed by atoms with E-state index in [-0.39, 0.29) is 23.9 Å². The number of ether oxygens (including phenoxy) is 1. The average Bonchev–Trinajstić information content (AvgIpc) is 3.21. The molecule has 0 saturated heterocycles. The van der Waals surface area contributed by atoms with Gasteiger partial charge in [-0.25, -0.2) is 4.98 Å². The molecule has 1 aromatic carbocycles. The second-order valence-corrected chi connectivity index (χ2v) is 8.61. The molecular formula is C23H25ClN4O3S. The van der Waals surface area contributed by atoms with Crippen LogP contribution in [0.25, 0.3) is 15.9 Å². The summed E-state index contributed by atoms with van der Waals surface area (Å²) in [5.74, 6) is 0.862. The molecule has 1 N–H and O–H groups in total. The summed E-state index contributed by atoms with van der Waals surface area (Å²) in [6.07, 6.45) is 6.55. The third-order valence-corrected chi connectivity index (χ3v) is 5.97. The number of aromatic nitrogens is 3. The van der Waals surface area contributed by atoms with Gasteiger partial charge in [0, 0.05) is 18.9 Å². The highest BCUT2D eigenvalue weighted by molar-refractivity contribution is 7.18. The SMILES string of the molecule is CC(C)c1ccc2nc3sc(C(=O)NCCCCOc4cccnc4)cn3c(=O)c2c1.Cl. The molecule has 0 aliphatic rings. The van der Waals surface area contributed by atoms with E-state index in [2.05, 4.69) is 29.1 Å². The first-order valence-electron chi connectivity index (χ1n) is 10.3. The van der Waals surface area contributed by atoms with Crippen LogP contribution in [-0.2, 0) is 0 Å². The molecule has 0 radical (unpaired) electrons. The number of rotatable bonds is 8. The van der Waals surface area contributed by atoms with Crippen molar-refractivity contribution in [1.29, 1.82) is 0 Å². The Kier molecular flexibility index (Phi) is 7.82. The highest BCUT2D eigenvalue weighted by atomic mass is 35.5. The molecule has 9 heteroatoms. The van der Waals surface area contributed by atoms with Gasteiger partial charge in [-0.2, -0.15) is 0 Å². The van der Waals surface area contributed by atoms with E-state index in [4.69, 9.17) is 4.74 Å². The maximum absolute atomic E-state index is 12.9. The van der Waals surface area contributed by atoms with E-state index in [0.717, 1.165) is 24.2 Å². The number of nitrogens with zero attached hydrogens (tertiary/aromatic N) is 3. The van der Waals surface area contributed by atoms with E-state index in [0.29, 0.717) is 39.8 Å². The van der Waals surface area contributed by atoms with Crippen molar-refractivity contribution in [3.05, 3.63) is 69.7 Å². The van der Waals surface area contributed by atoms with E-state index in [1.165, 1.54) is 15.7 Å². The second-order valence-electron chi connectivity index (χ2n) is 7.60. The number of hydrogen-bond donors (Lipinski definition) is 1. The van der Waals surface area contributed by atoms with Crippen LogP contribution in [0.4, 0.5) is 0 Å². The largest absolute Gasteiger partial charge is 0.492 e. The van der Waals surface area contributed by atoms with Gasteiger partial charge in [0.2, 0.25) is 0 Å². The summed E-state index contributed by atoms with van der Waals surface area (Å²) >= 11 is 1.22. The van der Waals surface area contributed by atoms with Gasteiger partial charge in [-0.15, -0.1) is 12.4 Å². The Bertz CT molecular complexity index is 1270. The third kappa shape index (κ3) is 5.26. The molecule has 0 unspecified atom stereocenters. The molecule has 32 heavy (non-hydrogen) atoms. The van der Waals surface area contributed by atoms with Gasteiger partial charge < -0.3 is 10.1 Å². The van der Waals surface area contributed by atoms with Crippen LogP contribution in [0.2, 0.25) is 0 Å². The maximum atomic E-state index is 12.9. The van der Waals surface area contributed by atoms with Crippen molar-refractivity contribution < 1.29 is 9.53 Å². The van der Waals surface area contributed by atoms with Gasteiger partial charge in [-0.05, 0) is 48.6 Å². The number of hydrogen-bond acceptors (Lipinski definition) is 6. The Labute approximate surface area is 195 Å². The van der Waals surface area contributed by atoms with Crippen molar-refractivity contribution in [3.63, 3.8) is 0 Å². The Morgan fingerprint density at radius 3 is 2.84 bits per heavy atom. The van der Waals surface area contributed by atoms with Crippen LogP contribution >= 0.6 is 23.7 Å². The fraction of sp³-hybridized carbons (Fsp3) is 0.304. The highest BCUT2D eigenvalue weighted by Gasteiger charge is 2.14. The first-order valence-corrected chi connectivity index (χ1v) is 11.1. The summed E-state index contributed by atoms with van der Waals surface area (Å²) in [6.45, 7) is 5.27. The predicted molar refractivity (Wildman–Crippen MR) is 129 cm³/mol. The number of carbonyl (C=O) groups is 1. The van der Waals surface area contributed by atoms with E-state index in [1.54, 1.807) is 18.6 Å². The molecule has 0 saturated carbocycles. The summed E-state index contributed by atoms with van der Waals surface area (Å²) in [5, 5.41) is 3.48. The van der Waals surface area contributed by atoms with Gasteiger partial charge in [0.1, 0.15) is 10.6 Å². The first-order chi connectivity index (χ1) is 15.0. The quantitative estimate of drug-likeness (QED) is 0.383. The van der Waals surface area contributed by atoms with Crippen molar-refractivity contribution in [2.75, 3.05) is 13.2 Å². The lowest BCUT2D eigenvalue weighted by molar-refractivity contribution is 0.0956. The molecule has 0 aliphatic carbocycles. The van der Waals surface area contributed by atoms with Crippen molar-refractivity contribution >= 4 is 45.5 Å². The number of benzene rings is 1. The Balaban J connectivity index is 0.00000289. The van der Waals surface area contributed by atoms with E-state index < -0.39 is 0 Å². The normalized spacial score (nSPS) is 11.0. The van der Waals surface area contributed by atoms with E-state index in [9.17, 15) is 9.59 Å². The van der Waals surface area contributed by atoms with Crippen LogP contribution in [0.15, 0.2) is 53.7 Å². The molecule has 0 atom stereocenters. The van der Waals surface area contributed by atoms with Crippen LogP contribution in [0, 0.1) is 0 Å². The maximum Gasteiger partial charge on any atom is 0.266 e. The van der Waals surface area contributed by atoms with Gasteiger partial charge in [-0.1, -0.05) is 31.3 Å². The van der Waals surface area contributed by atoms with Crippen molar-refractivity contribution in [3.8, 4) is 5.75 Å². The first kappa shape index (κ1) is 23.7. The molecule has 0 bridgehead atoms. The van der Waals surface area contributed by atoms with Gasteiger partial charge in [0.15, 0.2) is 4.96 Å². The summed E-state index contributed by atoms with van der Waals surface area (Å²) < 4.78 is 7.06. The molecule has 0 fully saturated rings. The predicted octanol–water partition coefficient (Wildman–Crippen LogP) is 4.44. The highest BCUT2D eigenvalue weighted by Crippen LogP contribution is 2.21. The minimum atomic E-state index is -0.199. The van der Waals surface area contributed by atoms with Crippen LogP contribution in [0.1, 0.15) is 47.8 Å². The summed E-state index contributed by atoms with van der Waals surface area (Å²) in [7, 11) is 0. The number of carbonyl (C=O) groups excluding carboxylic acids is 1. The fourth-order valence-electron chi connectivity index (χ4n) is 3.23. The molecule has 3 aromatic heterocycles. The molecule has 1 amide bonds. The Hall–Kier alpha value is -2.97. The Morgan fingerprint density at radius 1 is 1.25 bits per heavy atom. The van der Waals surface area contributed by atoms with Gasteiger partial charge >= 0.3 is 0 Å². The summed E-state index contributed by atoms with van der Waals surface area (Å²) in [6, 6.07) is 9.45. The zero-order chi connectivity index (χ0) is 21.8.